The van der Waals surface area contributed by atoms with Gasteiger partial charge in [0.25, 0.3) is 0 Å². The molecule has 0 aromatic heterocycles. The first-order valence-electron chi connectivity index (χ1n) is 5.84. The zero-order valence-corrected chi connectivity index (χ0v) is 9.04. The first-order chi connectivity index (χ1) is 7.36. The summed E-state index contributed by atoms with van der Waals surface area (Å²) in [6.07, 6.45) is 8.31. The van der Waals surface area contributed by atoms with E-state index in [1.165, 1.54) is 12.8 Å². The van der Waals surface area contributed by atoms with Crippen LogP contribution < -0.4 is 0 Å². The lowest BCUT2D eigenvalue weighted by molar-refractivity contribution is -0.144. The van der Waals surface area contributed by atoms with Crippen molar-refractivity contribution in [2.24, 2.45) is 0 Å². The van der Waals surface area contributed by atoms with Gasteiger partial charge in [-0.1, -0.05) is 12.5 Å². The fourth-order valence-corrected chi connectivity index (χ4v) is 2.03. The third kappa shape index (κ3) is 3.06. The van der Waals surface area contributed by atoms with Crippen LogP contribution in [0.2, 0.25) is 0 Å². The van der Waals surface area contributed by atoms with Gasteiger partial charge in [0.1, 0.15) is 6.10 Å². The summed E-state index contributed by atoms with van der Waals surface area (Å²) in [6.45, 7) is 1.29. The van der Waals surface area contributed by atoms with Crippen molar-refractivity contribution in [2.45, 2.75) is 44.6 Å². The van der Waals surface area contributed by atoms with Crippen LogP contribution in [0, 0.1) is 0 Å². The molecule has 0 saturated carbocycles. The predicted octanol–water partition coefficient (Wildman–Crippen LogP) is 2.21. The predicted molar refractivity (Wildman–Crippen MR) is 56.5 cm³/mol. The molecule has 1 aliphatic carbocycles. The molecule has 1 heterocycles. The molecule has 1 saturated heterocycles. The highest BCUT2D eigenvalue weighted by Gasteiger charge is 2.22. The van der Waals surface area contributed by atoms with E-state index in [0.717, 1.165) is 37.9 Å². The fourth-order valence-electron chi connectivity index (χ4n) is 2.03. The van der Waals surface area contributed by atoms with Crippen molar-refractivity contribution in [3.05, 3.63) is 11.6 Å². The van der Waals surface area contributed by atoms with Gasteiger partial charge in [0.05, 0.1) is 13.2 Å². The van der Waals surface area contributed by atoms with E-state index in [4.69, 9.17) is 9.47 Å². The molecule has 0 radical (unpaired) electrons. The topological polar surface area (TPSA) is 35.5 Å². The molecular formula is C12H18O3. The average molecular weight is 210 g/mol. The Bertz CT molecular complexity index is 252. The van der Waals surface area contributed by atoms with E-state index in [1.54, 1.807) is 0 Å². The molecule has 1 fully saturated rings. The molecule has 0 aromatic rings. The van der Waals surface area contributed by atoms with Crippen LogP contribution in [0.25, 0.3) is 0 Å². The molecule has 0 spiro atoms. The number of carbonyl (C=O) groups excluding carboxylic acids is 1. The van der Waals surface area contributed by atoms with Crippen LogP contribution in [-0.2, 0) is 14.3 Å². The smallest absolute Gasteiger partial charge is 0.334 e. The Morgan fingerprint density at radius 1 is 1.40 bits per heavy atom. The van der Waals surface area contributed by atoms with Crippen molar-refractivity contribution in [1.82, 2.24) is 0 Å². The van der Waals surface area contributed by atoms with Crippen LogP contribution in [0.3, 0.4) is 0 Å². The number of allylic oxidation sites excluding steroid dienone is 1. The third-order valence-electron chi connectivity index (χ3n) is 2.96. The number of carbonyl (C=O) groups is 1. The molecule has 2 rings (SSSR count). The highest BCUT2D eigenvalue weighted by molar-refractivity contribution is 5.88. The summed E-state index contributed by atoms with van der Waals surface area (Å²) in [6, 6.07) is 0. The quantitative estimate of drug-likeness (QED) is 0.655. The van der Waals surface area contributed by atoms with Crippen molar-refractivity contribution >= 4 is 5.97 Å². The summed E-state index contributed by atoms with van der Waals surface area (Å²) in [5.41, 5.74) is 0.874. The van der Waals surface area contributed by atoms with Gasteiger partial charge in [-0.3, -0.25) is 0 Å². The second kappa shape index (κ2) is 5.31. The number of ether oxygens (including phenoxy) is 2. The first-order valence-corrected chi connectivity index (χ1v) is 5.84. The Kier molecular flexibility index (Phi) is 3.78. The van der Waals surface area contributed by atoms with Crippen LogP contribution in [0.4, 0.5) is 0 Å². The molecule has 0 amide bonds. The van der Waals surface area contributed by atoms with Gasteiger partial charge in [-0.2, -0.15) is 0 Å². The Morgan fingerprint density at radius 2 is 2.33 bits per heavy atom. The van der Waals surface area contributed by atoms with Gasteiger partial charge < -0.3 is 9.47 Å². The maximum Gasteiger partial charge on any atom is 0.334 e. The van der Waals surface area contributed by atoms with Crippen LogP contribution in [0.15, 0.2) is 11.6 Å². The second-order valence-electron chi connectivity index (χ2n) is 4.22. The lowest BCUT2D eigenvalue weighted by atomic mass is 10.1. The summed E-state index contributed by atoms with van der Waals surface area (Å²) in [5, 5.41) is 0. The molecule has 15 heavy (non-hydrogen) atoms. The number of rotatable bonds is 2. The standard InChI is InChI=1S/C12H18O3/c13-12(15-11-7-8-14-9-11)10-5-3-1-2-4-6-10/h5,11H,1-4,6-9H2. The van der Waals surface area contributed by atoms with Crippen molar-refractivity contribution in [2.75, 3.05) is 13.2 Å². The van der Waals surface area contributed by atoms with Crippen molar-refractivity contribution in [1.29, 1.82) is 0 Å². The number of hydrogen-bond acceptors (Lipinski definition) is 3. The average Bonchev–Trinajstić information content (AvgIpc) is 2.58. The van der Waals surface area contributed by atoms with Gasteiger partial charge in [-0.25, -0.2) is 4.79 Å². The van der Waals surface area contributed by atoms with Crippen molar-refractivity contribution < 1.29 is 14.3 Å². The second-order valence-corrected chi connectivity index (χ2v) is 4.22. The molecule has 0 bridgehead atoms. The van der Waals surface area contributed by atoms with Crippen molar-refractivity contribution in [3.8, 4) is 0 Å². The van der Waals surface area contributed by atoms with Crippen LogP contribution in [0.1, 0.15) is 38.5 Å². The highest BCUT2D eigenvalue weighted by atomic mass is 16.6. The molecule has 0 aromatic carbocycles. The van der Waals surface area contributed by atoms with Crippen LogP contribution in [0.5, 0.6) is 0 Å². The molecule has 3 heteroatoms. The molecule has 84 valence electrons. The molecule has 3 nitrogen and oxygen atoms in total. The van der Waals surface area contributed by atoms with Crippen molar-refractivity contribution in [3.63, 3.8) is 0 Å². The lowest BCUT2D eigenvalue weighted by Gasteiger charge is -2.11. The summed E-state index contributed by atoms with van der Waals surface area (Å²) in [7, 11) is 0. The van der Waals surface area contributed by atoms with Gasteiger partial charge in [-0.05, 0) is 25.7 Å². The van der Waals surface area contributed by atoms with E-state index in [2.05, 4.69) is 0 Å². The monoisotopic (exact) mass is 210 g/mol. The lowest BCUT2D eigenvalue weighted by Crippen LogP contribution is -2.19. The minimum atomic E-state index is -0.118. The van der Waals surface area contributed by atoms with E-state index < -0.39 is 0 Å². The minimum Gasteiger partial charge on any atom is -0.456 e. The zero-order chi connectivity index (χ0) is 10.5. The Labute approximate surface area is 90.4 Å². The fraction of sp³-hybridized carbons (Fsp3) is 0.750. The number of hydrogen-bond donors (Lipinski definition) is 0. The molecule has 1 unspecified atom stereocenters. The van der Waals surface area contributed by atoms with E-state index in [9.17, 15) is 4.79 Å². The van der Waals surface area contributed by atoms with Gasteiger partial charge >= 0.3 is 5.97 Å². The van der Waals surface area contributed by atoms with Gasteiger partial charge in [0.15, 0.2) is 0 Å². The van der Waals surface area contributed by atoms with Gasteiger partial charge in [0.2, 0.25) is 0 Å². The number of esters is 1. The Hall–Kier alpha value is -0.830. The minimum absolute atomic E-state index is 0.0124. The van der Waals surface area contributed by atoms with E-state index in [1.807, 2.05) is 6.08 Å². The summed E-state index contributed by atoms with van der Waals surface area (Å²) >= 11 is 0. The maximum atomic E-state index is 11.8. The van der Waals surface area contributed by atoms with Gasteiger partial charge in [0, 0.05) is 12.0 Å². The molecule has 1 aliphatic heterocycles. The molecule has 2 aliphatic rings. The van der Waals surface area contributed by atoms with Gasteiger partial charge in [-0.15, -0.1) is 0 Å². The SMILES string of the molecule is O=C(OC1CCOC1)C1=CCCCCC1. The van der Waals surface area contributed by atoms with E-state index >= 15 is 0 Å². The zero-order valence-electron chi connectivity index (χ0n) is 9.04. The van der Waals surface area contributed by atoms with Crippen LogP contribution >= 0.6 is 0 Å². The summed E-state index contributed by atoms with van der Waals surface area (Å²) in [5.74, 6) is -0.118. The Balaban J connectivity index is 1.85. The third-order valence-corrected chi connectivity index (χ3v) is 2.96. The summed E-state index contributed by atoms with van der Waals surface area (Å²) in [4.78, 5) is 11.8. The normalized spacial score (nSPS) is 26.9. The Morgan fingerprint density at radius 3 is 3.13 bits per heavy atom. The van der Waals surface area contributed by atoms with E-state index in [0.29, 0.717) is 6.61 Å². The van der Waals surface area contributed by atoms with Crippen LogP contribution in [-0.4, -0.2) is 25.3 Å². The maximum absolute atomic E-state index is 11.8. The van der Waals surface area contributed by atoms with E-state index in [-0.39, 0.29) is 12.1 Å². The molecule has 0 N–H and O–H groups in total. The highest BCUT2D eigenvalue weighted by Crippen LogP contribution is 2.19. The molecular weight excluding hydrogens is 192 g/mol. The molecule has 1 atom stereocenters. The first kappa shape index (κ1) is 10.7. The largest absolute Gasteiger partial charge is 0.456 e. The summed E-state index contributed by atoms with van der Waals surface area (Å²) < 4.78 is 10.5.